The first-order valence-corrected chi connectivity index (χ1v) is 7.56. The first-order valence-electron chi connectivity index (χ1n) is 7.56. The lowest BCUT2D eigenvalue weighted by atomic mass is 10.0. The van der Waals surface area contributed by atoms with Gasteiger partial charge in [0.1, 0.15) is 5.75 Å². The molecule has 1 unspecified atom stereocenters. The summed E-state index contributed by atoms with van der Waals surface area (Å²) in [5.74, 6) is 0.929. The van der Waals surface area contributed by atoms with Gasteiger partial charge in [-0.25, -0.2) is 0 Å². The fourth-order valence-electron chi connectivity index (χ4n) is 2.73. The topological polar surface area (TPSA) is 42.8 Å². The van der Waals surface area contributed by atoms with Gasteiger partial charge >= 0.3 is 0 Å². The third-order valence-electron chi connectivity index (χ3n) is 3.92. The number of amides is 1. The van der Waals surface area contributed by atoms with Crippen LogP contribution >= 0.6 is 0 Å². The van der Waals surface area contributed by atoms with E-state index in [1.54, 1.807) is 0 Å². The predicted molar refractivity (Wildman–Crippen MR) is 80.3 cm³/mol. The Labute approximate surface area is 121 Å². The molecular weight excluding hydrogens is 252 g/mol. The summed E-state index contributed by atoms with van der Waals surface area (Å²) in [7, 11) is 0. The van der Waals surface area contributed by atoms with E-state index in [4.69, 9.17) is 4.74 Å². The Morgan fingerprint density at radius 3 is 2.75 bits per heavy atom. The third kappa shape index (κ3) is 4.23. The van der Waals surface area contributed by atoms with Crippen LogP contribution in [-0.2, 0) is 4.79 Å². The SMILES string of the molecule is CCOc1ccc(NC(=O)C[NH+]2CCCC[C@H]2C)cc1. The molecule has 1 amide bonds. The Balaban J connectivity index is 1.84. The quantitative estimate of drug-likeness (QED) is 0.856. The van der Waals surface area contributed by atoms with Crippen LogP contribution in [0.4, 0.5) is 5.69 Å². The lowest BCUT2D eigenvalue weighted by Gasteiger charge is -2.29. The molecule has 2 atom stereocenters. The minimum Gasteiger partial charge on any atom is -0.494 e. The second-order valence-electron chi connectivity index (χ2n) is 5.49. The molecule has 1 aliphatic rings. The van der Waals surface area contributed by atoms with Crippen molar-refractivity contribution in [3.8, 4) is 5.75 Å². The van der Waals surface area contributed by atoms with Gasteiger partial charge in [0, 0.05) is 5.69 Å². The Morgan fingerprint density at radius 1 is 1.35 bits per heavy atom. The van der Waals surface area contributed by atoms with E-state index < -0.39 is 0 Å². The number of hydrogen-bond donors (Lipinski definition) is 2. The average molecular weight is 277 g/mol. The summed E-state index contributed by atoms with van der Waals surface area (Å²) in [6.45, 7) is 6.52. The van der Waals surface area contributed by atoms with Gasteiger partial charge in [-0.05, 0) is 57.4 Å². The average Bonchev–Trinajstić information content (AvgIpc) is 2.44. The number of hydrogen-bond acceptors (Lipinski definition) is 2. The number of quaternary nitrogens is 1. The van der Waals surface area contributed by atoms with Crippen LogP contribution in [-0.4, -0.2) is 31.6 Å². The second-order valence-corrected chi connectivity index (χ2v) is 5.49. The van der Waals surface area contributed by atoms with Crippen molar-refractivity contribution in [2.24, 2.45) is 0 Å². The molecule has 1 fully saturated rings. The number of likely N-dealkylation sites (tertiary alicyclic amines) is 1. The molecule has 0 bridgehead atoms. The molecule has 0 spiro atoms. The molecule has 0 aromatic heterocycles. The summed E-state index contributed by atoms with van der Waals surface area (Å²) in [5.41, 5.74) is 0.836. The molecule has 1 aliphatic heterocycles. The minimum atomic E-state index is 0.0953. The molecule has 4 heteroatoms. The van der Waals surface area contributed by atoms with Gasteiger partial charge in [-0.1, -0.05) is 0 Å². The van der Waals surface area contributed by atoms with Crippen LogP contribution in [0.1, 0.15) is 33.1 Å². The van der Waals surface area contributed by atoms with Crippen LogP contribution in [0.3, 0.4) is 0 Å². The molecule has 0 aliphatic carbocycles. The molecule has 2 rings (SSSR count). The van der Waals surface area contributed by atoms with E-state index in [2.05, 4.69) is 12.2 Å². The van der Waals surface area contributed by atoms with E-state index in [1.807, 2.05) is 31.2 Å². The summed E-state index contributed by atoms with van der Waals surface area (Å²) in [4.78, 5) is 13.5. The highest BCUT2D eigenvalue weighted by Crippen LogP contribution is 2.15. The Hall–Kier alpha value is -1.55. The maximum atomic E-state index is 12.1. The molecule has 0 radical (unpaired) electrons. The first-order chi connectivity index (χ1) is 9.69. The predicted octanol–water partition coefficient (Wildman–Crippen LogP) is 1.48. The zero-order chi connectivity index (χ0) is 14.4. The summed E-state index contributed by atoms with van der Waals surface area (Å²) in [6, 6.07) is 8.13. The van der Waals surface area contributed by atoms with E-state index in [-0.39, 0.29) is 5.91 Å². The lowest BCUT2D eigenvalue weighted by molar-refractivity contribution is -0.920. The Morgan fingerprint density at radius 2 is 2.10 bits per heavy atom. The van der Waals surface area contributed by atoms with Gasteiger partial charge in [-0.3, -0.25) is 4.79 Å². The van der Waals surface area contributed by atoms with E-state index in [0.29, 0.717) is 19.2 Å². The summed E-state index contributed by atoms with van der Waals surface area (Å²) >= 11 is 0. The molecular formula is C16H25N2O2+. The normalized spacial score (nSPS) is 22.3. The Bertz CT molecular complexity index is 431. The van der Waals surface area contributed by atoms with Gasteiger partial charge in [-0.15, -0.1) is 0 Å². The number of piperidine rings is 1. The van der Waals surface area contributed by atoms with Gasteiger partial charge in [-0.2, -0.15) is 0 Å². The highest BCUT2D eigenvalue weighted by Gasteiger charge is 2.24. The van der Waals surface area contributed by atoms with Crippen molar-refractivity contribution >= 4 is 11.6 Å². The summed E-state index contributed by atoms with van der Waals surface area (Å²) < 4.78 is 5.38. The lowest BCUT2D eigenvalue weighted by Crippen LogP contribution is -3.17. The number of ether oxygens (including phenoxy) is 1. The molecule has 2 N–H and O–H groups in total. The minimum absolute atomic E-state index is 0.0953. The van der Waals surface area contributed by atoms with E-state index in [9.17, 15) is 4.79 Å². The van der Waals surface area contributed by atoms with Crippen LogP contribution in [0.15, 0.2) is 24.3 Å². The van der Waals surface area contributed by atoms with Gasteiger partial charge in [0.15, 0.2) is 6.54 Å². The number of carbonyl (C=O) groups is 1. The smallest absolute Gasteiger partial charge is 0.279 e. The van der Waals surface area contributed by atoms with Crippen molar-refractivity contribution in [1.29, 1.82) is 0 Å². The number of rotatable bonds is 5. The maximum Gasteiger partial charge on any atom is 0.279 e. The van der Waals surface area contributed by atoms with Gasteiger partial charge in [0.2, 0.25) is 0 Å². The van der Waals surface area contributed by atoms with Crippen molar-refractivity contribution < 1.29 is 14.4 Å². The molecule has 1 heterocycles. The van der Waals surface area contributed by atoms with E-state index in [1.165, 1.54) is 24.2 Å². The fraction of sp³-hybridized carbons (Fsp3) is 0.562. The van der Waals surface area contributed by atoms with Crippen LogP contribution < -0.4 is 15.0 Å². The van der Waals surface area contributed by atoms with Gasteiger partial charge in [0.05, 0.1) is 19.2 Å². The molecule has 110 valence electrons. The van der Waals surface area contributed by atoms with Gasteiger partial charge < -0.3 is 15.0 Å². The molecule has 0 saturated carbocycles. The maximum absolute atomic E-state index is 12.1. The van der Waals surface area contributed by atoms with Crippen LogP contribution in [0.2, 0.25) is 0 Å². The van der Waals surface area contributed by atoms with Crippen molar-refractivity contribution in [2.75, 3.05) is 25.0 Å². The van der Waals surface area contributed by atoms with Crippen molar-refractivity contribution in [1.82, 2.24) is 0 Å². The van der Waals surface area contributed by atoms with Crippen molar-refractivity contribution in [2.45, 2.75) is 39.2 Å². The summed E-state index contributed by atoms with van der Waals surface area (Å²) in [6.07, 6.45) is 3.76. The van der Waals surface area contributed by atoms with Crippen LogP contribution in [0.5, 0.6) is 5.75 Å². The van der Waals surface area contributed by atoms with Crippen LogP contribution in [0.25, 0.3) is 0 Å². The highest BCUT2D eigenvalue weighted by atomic mass is 16.5. The summed E-state index contributed by atoms with van der Waals surface area (Å²) in [5, 5.41) is 2.96. The van der Waals surface area contributed by atoms with E-state index in [0.717, 1.165) is 18.0 Å². The number of nitrogens with one attached hydrogen (secondary N) is 2. The zero-order valence-electron chi connectivity index (χ0n) is 12.4. The zero-order valence-corrected chi connectivity index (χ0v) is 12.4. The molecule has 1 aromatic rings. The Kier molecular flexibility index (Phi) is 5.41. The first kappa shape index (κ1) is 14.9. The molecule has 4 nitrogen and oxygen atoms in total. The number of anilines is 1. The standard InChI is InChI=1S/C16H24N2O2/c1-3-20-15-9-7-14(8-10-15)17-16(19)12-18-11-5-4-6-13(18)2/h7-10,13H,3-6,11-12H2,1-2H3,(H,17,19)/p+1/t13-/m1/s1. The fourth-order valence-corrected chi connectivity index (χ4v) is 2.73. The monoisotopic (exact) mass is 277 g/mol. The second kappa shape index (κ2) is 7.29. The number of benzene rings is 1. The van der Waals surface area contributed by atoms with Crippen LogP contribution in [0, 0.1) is 0 Å². The van der Waals surface area contributed by atoms with Crippen molar-refractivity contribution in [3.05, 3.63) is 24.3 Å². The van der Waals surface area contributed by atoms with Gasteiger partial charge in [0.25, 0.3) is 5.91 Å². The molecule has 1 saturated heterocycles. The molecule has 20 heavy (non-hydrogen) atoms. The third-order valence-corrected chi connectivity index (χ3v) is 3.92. The molecule has 1 aromatic carbocycles. The highest BCUT2D eigenvalue weighted by molar-refractivity contribution is 5.91. The number of carbonyl (C=O) groups excluding carboxylic acids is 1. The largest absolute Gasteiger partial charge is 0.494 e. The van der Waals surface area contributed by atoms with Crippen molar-refractivity contribution in [3.63, 3.8) is 0 Å². The van der Waals surface area contributed by atoms with E-state index >= 15 is 0 Å².